The lowest BCUT2D eigenvalue weighted by atomic mass is 10.7. The smallest absolute Gasteiger partial charge is 0.278 e. The molecule has 1 heterocycles. The lowest BCUT2D eigenvalue weighted by Gasteiger charge is -2.07. The first-order valence-corrected chi connectivity index (χ1v) is 4.21. The molecule has 1 amide bonds. The number of amides is 1. The molecule has 0 saturated carbocycles. The molecule has 0 fully saturated rings. The minimum Gasteiger partial charge on any atom is -0.338 e. The number of aromatic nitrogens is 2. The Kier molecular flexibility index (Phi) is 3.00. The Labute approximate surface area is 88.3 Å². The maximum atomic E-state index is 11.0. The van der Waals surface area contributed by atoms with Crippen LogP contribution >= 0.6 is 34.8 Å². The number of halogens is 3. The van der Waals surface area contributed by atoms with Crippen LogP contribution < -0.4 is 5.32 Å². The molecular weight excluding hydrogens is 240 g/mol. The lowest BCUT2D eigenvalue weighted by Crippen LogP contribution is -2.27. The third-order valence-electron chi connectivity index (χ3n) is 1.01. The van der Waals surface area contributed by atoms with Crippen LogP contribution in [-0.2, 0) is 4.79 Å². The molecule has 1 N–H and O–H groups in total. The van der Waals surface area contributed by atoms with Crippen LogP contribution in [-0.4, -0.2) is 19.8 Å². The van der Waals surface area contributed by atoms with E-state index in [9.17, 15) is 4.79 Å². The number of anilines is 1. The highest BCUT2D eigenvalue weighted by Gasteiger charge is 2.31. The van der Waals surface area contributed by atoms with E-state index in [1.165, 1.54) is 0 Å². The molecule has 1 aromatic rings. The van der Waals surface area contributed by atoms with Gasteiger partial charge in [-0.1, -0.05) is 34.8 Å². The van der Waals surface area contributed by atoms with Crippen LogP contribution in [0.2, 0.25) is 0 Å². The minimum atomic E-state index is -2.03. The molecule has 0 radical (unpaired) electrons. The Bertz CT molecular complexity index is 319. The van der Waals surface area contributed by atoms with E-state index in [0.717, 1.165) is 0 Å². The molecule has 13 heavy (non-hydrogen) atoms. The van der Waals surface area contributed by atoms with Crippen LogP contribution in [0.15, 0.2) is 4.52 Å². The Morgan fingerprint density at radius 3 is 2.54 bits per heavy atom. The van der Waals surface area contributed by atoms with Gasteiger partial charge in [-0.15, -0.1) is 0 Å². The summed E-state index contributed by atoms with van der Waals surface area (Å²) < 4.78 is 2.54. The maximum absolute atomic E-state index is 11.0. The predicted molar refractivity (Wildman–Crippen MR) is 48.0 cm³/mol. The minimum absolute atomic E-state index is 0.0335. The first kappa shape index (κ1) is 10.6. The van der Waals surface area contributed by atoms with Gasteiger partial charge in [0.1, 0.15) is 0 Å². The maximum Gasteiger partial charge on any atom is 0.278 e. The van der Waals surface area contributed by atoms with Crippen LogP contribution in [0, 0.1) is 6.92 Å². The number of rotatable bonds is 1. The van der Waals surface area contributed by atoms with Gasteiger partial charge in [-0.3, -0.25) is 10.1 Å². The van der Waals surface area contributed by atoms with Crippen LogP contribution in [0.5, 0.6) is 0 Å². The fraction of sp³-hybridized carbons (Fsp3) is 0.400. The van der Waals surface area contributed by atoms with Crippen molar-refractivity contribution in [2.75, 3.05) is 5.32 Å². The predicted octanol–water partition coefficient (Wildman–Crippen LogP) is 1.69. The van der Waals surface area contributed by atoms with E-state index in [1.807, 2.05) is 0 Å². The quantitative estimate of drug-likeness (QED) is 0.763. The summed E-state index contributed by atoms with van der Waals surface area (Å²) in [6.45, 7) is 1.57. The normalized spacial score (nSPS) is 11.4. The molecule has 5 nitrogen and oxygen atoms in total. The Balaban J connectivity index is 2.65. The van der Waals surface area contributed by atoms with Crippen molar-refractivity contribution in [3.63, 3.8) is 0 Å². The van der Waals surface area contributed by atoms with E-state index in [-0.39, 0.29) is 5.95 Å². The Hall–Kier alpha value is -0.520. The van der Waals surface area contributed by atoms with E-state index in [4.69, 9.17) is 34.8 Å². The molecule has 8 heteroatoms. The van der Waals surface area contributed by atoms with Crippen molar-refractivity contribution < 1.29 is 9.32 Å². The molecule has 0 aliphatic carbocycles. The van der Waals surface area contributed by atoms with Crippen LogP contribution in [0.4, 0.5) is 5.95 Å². The Morgan fingerprint density at radius 1 is 1.54 bits per heavy atom. The molecule has 0 aliphatic heterocycles. The Morgan fingerprint density at radius 2 is 2.15 bits per heavy atom. The molecule has 0 aliphatic rings. The van der Waals surface area contributed by atoms with Crippen molar-refractivity contribution in [2.24, 2.45) is 0 Å². The molecule has 0 unspecified atom stereocenters. The molecule has 0 aromatic carbocycles. The molecule has 72 valence electrons. The summed E-state index contributed by atoms with van der Waals surface area (Å²) in [7, 11) is 0. The molecule has 0 atom stereocenters. The van der Waals surface area contributed by atoms with Crippen LogP contribution in [0.3, 0.4) is 0 Å². The molecular formula is C5H4Cl3N3O2. The van der Waals surface area contributed by atoms with Gasteiger partial charge in [0.05, 0.1) is 0 Å². The number of nitrogens with zero attached hydrogens (tertiary/aromatic N) is 2. The number of hydrogen-bond donors (Lipinski definition) is 1. The van der Waals surface area contributed by atoms with E-state index in [0.29, 0.717) is 5.89 Å². The first-order chi connectivity index (χ1) is 5.89. The van der Waals surface area contributed by atoms with Gasteiger partial charge in [0.2, 0.25) is 5.89 Å². The average Bonchev–Trinajstić information content (AvgIpc) is 2.33. The van der Waals surface area contributed by atoms with Gasteiger partial charge in [-0.25, -0.2) is 0 Å². The van der Waals surface area contributed by atoms with Crippen molar-refractivity contribution in [2.45, 2.75) is 10.7 Å². The van der Waals surface area contributed by atoms with Crippen molar-refractivity contribution in [1.29, 1.82) is 0 Å². The zero-order valence-electron chi connectivity index (χ0n) is 6.34. The second kappa shape index (κ2) is 3.69. The molecule has 0 bridgehead atoms. The van der Waals surface area contributed by atoms with Crippen molar-refractivity contribution >= 4 is 46.7 Å². The third-order valence-corrected chi connectivity index (χ3v) is 1.53. The van der Waals surface area contributed by atoms with Crippen molar-refractivity contribution in [3.8, 4) is 0 Å². The fourth-order valence-electron chi connectivity index (χ4n) is 0.522. The third kappa shape index (κ3) is 3.02. The van der Waals surface area contributed by atoms with Gasteiger partial charge in [0.25, 0.3) is 15.6 Å². The zero-order chi connectivity index (χ0) is 10.1. The van der Waals surface area contributed by atoms with Gasteiger partial charge in [-0.2, -0.15) is 4.98 Å². The zero-order valence-corrected chi connectivity index (χ0v) is 8.61. The molecule has 0 saturated heterocycles. The summed E-state index contributed by atoms with van der Waals surface area (Å²) in [6.07, 6.45) is 0. The summed E-state index contributed by atoms with van der Waals surface area (Å²) in [5, 5.41) is 5.53. The van der Waals surface area contributed by atoms with E-state index in [2.05, 4.69) is 20.0 Å². The fourth-order valence-corrected chi connectivity index (χ4v) is 0.664. The summed E-state index contributed by atoms with van der Waals surface area (Å²) >= 11 is 15.8. The number of alkyl halides is 3. The van der Waals surface area contributed by atoms with Gasteiger partial charge in [0.15, 0.2) is 0 Å². The highest BCUT2D eigenvalue weighted by Crippen LogP contribution is 2.27. The van der Waals surface area contributed by atoms with Gasteiger partial charge in [-0.05, 0) is 5.16 Å². The van der Waals surface area contributed by atoms with E-state index >= 15 is 0 Å². The standard InChI is InChI=1S/C5H4Cl3N3O2/c1-2-9-4(11-13-2)10-3(12)5(6,7)8/h1H3,(H,10,11,12). The second-order valence-corrected chi connectivity index (χ2v) is 4.37. The van der Waals surface area contributed by atoms with Crippen LogP contribution in [0.1, 0.15) is 5.89 Å². The summed E-state index contributed by atoms with van der Waals surface area (Å²) in [5.74, 6) is -0.563. The van der Waals surface area contributed by atoms with Crippen LogP contribution in [0.25, 0.3) is 0 Å². The average molecular weight is 244 g/mol. The number of nitrogens with one attached hydrogen (secondary N) is 1. The summed E-state index contributed by atoms with van der Waals surface area (Å²) in [6, 6.07) is 0. The first-order valence-electron chi connectivity index (χ1n) is 3.08. The van der Waals surface area contributed by atoms with Crippen molar-refractivity contribution in [3.05, 3.63) is 5.89 Å². The van der Waals surface area contributed by atoms with E-state index in [1.54, 1.807) is 6.92 Å². The SMILES string of the molecule is Cc1nc(NC(=O)C(Cl)(Cl)Cl)no1. The van der Waals surface area contributed by atoms with Gasteiger partial charge >= 0.3 is 0 Å². The van der Waals surface area contributed by atoms with Gasteiger partial charge < -0.3 is 4.52 Å². The van der Waals surface area contributed by atoms with Crippen molar-refractivity contribution in [1.82, 2.24) is 10.1 Å². The topological polar surface area (TPSA) is 68.0 Å². The summed E-state index contributed by atoms with van der Waals surface area (Å²) in [4.78, 5) is 14.7. The van der Waals surface area contributed by atoms with E-state index < -0.39 is 9.70 Å². The van der Waals surface area contributed by atoms with Gasteiger partial charge in [0, 0.05) is 6.92 Å². The molecule has 1 rings (SSSR count). The highest BCUT2D eigenvalue weighted by atomic mass is 35.6. The monoisotopic (exact) mass is 243 g/mol. The largest absolute Gasteiger partial charge is 0.338 e. The second-order valence-electron chi connectivity index (χ2n) is 2.09. The number of carbonyl (C=O) groups excluding carboxylic acids is 1. The highest BCUT2D eigenvalue weighted by molar-refractivity contribution is 6.76. The number of aryl methyl sites for hydroxylation is 1. The number of carbonyl (C=O) groups is 1. The number of hydrogen-bond acceptors (Lipinski definition) is 4. The summed E-state index contributed by atoms with van der Waals surface area (Å²) in [5.41, 5.74) is 0. The molecule has 1 aromatic heterocycles. The lowest BCUT2D eigenvalue weighted by molar-refractivity contribution is -0.115. The molecule has 0 spiro atoms.